The Morgan fingerprint density at radius 2 is 2.15 bits per heavy atom. The fraction of sp³-hybridized carbons (Fsp3) is 0.364. The fourth-order valence-corrected chi connectivity index (χ4v) is 1.68. The third-order valence-corrected chi connectivity index (χ3v) is 2.65. The van der Waals surface area contributed by atoms with Gasteiger partial charge in [-0.1, -0.05) is 6.92 Å². The molecule has 0 saturated heterocycles. The highest BCUT2D eigenvalue weighted by Crippen LogP contribution is 2.21. The van der Waals surface area contributed by atoms with Gasteiger partial charge in [0.05, 0.1) is 11.0 Å². The number of hydrogen-bond acceptors (Lipinski definition) is 1. The quantitative estimate of drug-likeness (QED) is 0.707. The van der Waals surface area contributed by atoms with Crippen LogP contribution < -0.4 is 0 Å². The standard InChI is InChI=1S/C11H14N2/c1-4-9-5-6-12-10-7(2)8(3)13-11(9)10/h5-6,13H,4H2,1-3H3. The van der Waals surface area contributed by atoms with Crippen molar-refractivity contribution < 1.29 is 0 Å². The van der Waals surface area contributed by atoms with Crippen LogP contribution in [0.5, 0.6) is 0 Å². The number of fused-ring (bicyclic) bond motifs is 1. The van der Waals surface area contributed by atoms with E-state index in [4.69, 9.17) is 0 Å². The van der Waals surface area contributed by atoms with Gasteiger partial charge in [-0.3, -0.25) is 4.98 Å². The van der Waals surface area contributed by atoms with Crippen LogP contribution in [-0.4, -0.2) is 9.97 Å². The summed E-state index contributed by atoms with van der Waals surface area (Å²) in [6.45, 7) is 6.37. The molecule has 68 valence electrons. The van der Waals surface area contributed by atoms with Crippen LogP contribution in [0, 0.1) is 13.8 Å². The summed E-state index contributed by atoms with van der Waals surface area (Å²) < 4.78 is 0. The fourth-order valence-electron chi connectivity index (χ4n) is 1.68. The van der Waals surface area contributed by atoms with Crippen LogP contribution >= 0.6 is 0 Å². The van der Waals surface area contributed by atoms with Gasteiger partial charge in [-0.05, 0) is 37.5 Å². The molecular weight excluding hydrogens is 160 g/mol. The monoisotopic (exact) mass is 174 g/mol. The molecule has 0 radical (unpaired) electrons. The molecule has 13 heavy (non-hydrogen) atoms. The molecule has 0 amide bonds. The summed E-state index contributed by atoms with van der Waals surface area (Å²) in [5, 5.41) is 0. The zero-order chi connectivity index (χ0) is 9.42. The van der Waals surface area contributed by atoms with E-state index in [1.807, 2.05) is 6.20 Å². The molecular formula is C11H14N2. The van der Waals surface area contributed by atoms with Gasteiger partial charge in [0.2, 0.25) is 0 Å². The Bertz CT molecular complexity index is 441. The Labute approximate surface area is 78.0 Å². The number of nitrogens with one attached hydrogen (secondary N) is 1. The maximum absolute atomic E-state index is 4.38. The molecule has 0 bridgehead atoms. The molecule has 2 nitrogen and oxygen atoms in total. The van der Waals surface area contributed by atoms with Crippen LogP contribution in [0.25, 0.3) is 11.0 Å². The van der Waals surface area contributed by atoms with Crippen molar-refractivity contribution in [3.63, 3.8) is 0 Å². The summed E-state index contributed by atoms with van der Waals surface area (Å²) in [6.07, 6.45) is 2.94. The summed E-state index contributed by atoms with van der Waals surface area (Å²) in [4.78, 5) is 7.76. The zero-order valence-corrected chi connectivity index (χ0v) is 8.31. The number of aromatic nitrogens is 2. The molecule has 0 aliphatic carbocycles. The minimum Gasteiger partial charge on any atom is -0.357 e. The van der Waals surface area contributed by atoms with Crippen molar-refractivity contribution in [1.29, 1.82) is 0 Å². The molecule has 2 rings (SSSR count). The van der Waals surface area contributed by atoms with Gasteiger partial charge in [0, 0.05) is 11.9 Å². The summed E-state index contributed by atoms with van der Waals surface area (Å²) in [5.41, 5.74) is 6.17. The molecule has 0 aliphatic heterocycles. The molecule has 0 aromatic carbocycles. The summed E-state index contributed by atoms with van der Waals surface area (Å²) in [5.74, 6) is 0. The summed E-state index contributed by atoms with van der Waals surface area (Å²) >= 11 is 0. The lowest BCUT2D eigenvalue weighted by Crippen LogP contribution is -1.84. The second-order valence-corrected chi connectivity index (χ2v) is 3.42. The van der Waals surface area contributed by atoms with Crippen molar-refractivity contribution in [1.82, 2.24) is 9.97 Å². The molecule has 0 unspecified atom stereocenters. The van der Waals surface area contributed by atoms with Crippen molar-refractivity contribution in [3.05, 3.63) is 29.1 Å². The van der Waals surface area contributed by atoms with Crippen LogP contribution in [0.1, 0.15) is 23.7 Å². The van der Waals surface area contributed by atoms with Crippen LogP contribution in [-0.2, 0) is 6.42 Å². The number of pyridine rings is 1. The topological polar surface area (TPSA) is 28.7 Å². The van der Waals surface area contributed by atoms with E-state index in [1.54, 1.807) is 0 Å². The lowest BCUT2D eigenvalue weighted by Gasteiger charge is -1.97. The maximum Gasteiger partial charge on any atom is 0.0913 e. The molecule has 2 aromatic heterocycles. The van der Waals surface area contributed by atoms with Crippen molar-refractivity contribution in [2.45, 2.75) is 27.2 Å². The molecule has 0 aliphatic rings. The largest absolute Gasteiger partial charge is 0.357 e. The third-order valence-electron chi connectivity index (χ3n) is 2.65. The van der Waals surface area contributed by atoms with Crippen LogP contribution in [0.2, 0.25) is 0 Å². The normalized spacial score (nSPS) is 11.0. The SMILES string of the molecule is CCc1ccnc2c(C)c(C)[nH]c12. The second-order valence-electron chi connectivity index (χ2n) is 3.42. The van der Waals surface area contributed by atoms with Gasteiger partial charge >= 0.3 is 0 Å². The molecule has 1 N–H and O–H groups in total. The first-order valence-electron chi connectivity index (χ1n) is 4.66. The molecule has 2 heterocycles. The molecule has 0 fully saturated rings. The first-order valence-corrected chi connectivity index (χ1v) is 4.66. The summed E-state index contributed by atoms with van der Waals surface area (Å²) in [6, 6.07) is 2.08. The Morgan fingerprint density at radius 3 is 2.85 bits per heavy atom. The Kier molecular flexibility index (Phi) is 1.83. The van der Waals surface area contributed by atoms with E-state index in [1.165, 1.54) is 22.3 Å². The highest BCUT2D eigenvalue weighted by atomic mass is 14.8. The van der Waals surface area contributed by atoms with Gasteiger partial charge in [-0.25, -0.2) is 0 Å². The van der Waals surface area contributed by atoms with Gasteiger partial charge in [-0.15, -0.1) is 0 Å². The van der Waals surface area contributed by atoms with Crippen molar-refractivity contribution in [2.75, 3.05) is 0 Å². The van der Waals surface area contributed by atoms with Crippen molar-refractivity contribution in [2.24, 2.45) is 0 Å². The van der Waals surface area contributed by atoms with E-state index in [0.717, 1.165) is 11.9 Å². The van der Waals surface area contributed by atoms with Gasteiger partial charge in [0.1, 0.15) is 0 Å². The summed E-state index contributed by atoms with van der Waals surface area (Å²) in [7, 11) is 0. The van der Waals surface area contributed by atoms with Gasteiger partial charge in [0.15, 0.2) is 0 Å². The third kappa shape index (κ3) is 1.13. The minimum absolute atomic E-state index is 1.05. The van der Waals surface area contributed by atoms with E-state index in [0.29, 0.717) is 0 Å². The Hall–Kier alpha value is -1.31. The molecule has 0 atom stereocenters. The Morgan fingerprint density at radius 1 is 1.38 bits per heavy atom. The zero-order valence-electron chi connectivity index (χ0n) is 8.31. The second kappa shape index (κ2) is 2.87. The number of hydrogen-bond donors (Lipinski definition) is 1. The highest BCUT2D eigenvalue weighted by molar-refractivity contribution is 5.83. The van der Waals surface area contributed by atoms with Gasteiger partial charge in [-0.2, -0.15) is 0 Å². The lowest BCUT2D eigenvalue weighted by molar-refractivity contribution is 1.13. The first kappa shape index (κ1) is 8.30. The predicted octanol–water partition coefficient (Wildman–Crippen LogP) is 2.74. The number of rotatable bonds is 1. The number of aromatic amines is 1. The number of nitrogens with zero attached hydrogens (tertiary/aromatic N) is 1. The lowest BCUT2D eigenvalue weighted by atomic mass is 10.1. The van der Waals surface area contributed by atoms with Crippen LogP contribution in [0.4, 0.5) is 0 Å². The number of H-pyrrole nitrogens is 1. The van der Waals surface area contributed by atoms with Crippen LogP contribution in [0.3, 0.4) is 0 Å². The smallest absolute Gasteiger partial charge is 0.0913 e. The molecule has 0 saturated carbocycles. The van der Waals surface area contributed by atoms with Crippen molar-refractivity contribution >= 4 is 11.0 Å². The first-order chi connectivity index (χ1) is 6.24. The van der Waals surface area contributed by atoms with E-state index in [2.05, 4.69) is 36.8 Å². The van der Waals surface area contributed by atoms with Crippen LogP contribution in [0.15, 0.2) is 12.3 Å². The van der Waals surface area contributed by atoms with E-state index < -0.39 is 0 Å². The average molecular weight is 174 g/mol. The average Bonchev–Trinajstić information content (AvgIpc) is 2.43. The van der Waals surface area contributed by atoms with E-state index in [9.17, 15) is 0 Å². The van der Waals surface area contributed by atoms with Gasteiger partial charge in [0.25, 0.3) is 0 Å². The van der Waals surface area contributed by atoms with Gasteiger partial charge < -0.3 is 4.98 Å². The molecule has 0 spiro atoms. The highest BCUT2D eigenvalue weighted by Gasteiger charge is 2.07. The predicted molar refractivity (Wildman–Crippen MR) is 54.9 cm³/mol. The van der Waals surface area contributed by atoms with Crippen molar-refractivity contribution in [3.8, 4) is 0 Å². The maximum atomic E-state index is 4.38. The minimum atomic E-state index is 1.05. The van der Waals surface area contributed by atoms with E-state index in [-0.39, 0.29) is 0 Å². The Balaban J connectivity index is 2.84. The molecule has 2 aromatic rings. The number of aryl methyl sites for hydroxylation is 3. The molecule has 2 heteroatoms. The van der Waals surface area contributed by atoms with E-state index >= 15 is 0 Å².